The monoisotopic (exact) mass is 363 g/mol. The number of aromatic nitrogens is 4. The van der Waals surface area contributed by atoms with Crippen LogP contribution in [-0.4, -0.2) is 27.0 Å². The van der Waals surface area contributed by atoms with Crippen molar-refractivity contribution < 1.29 is 0 Å². The van der Waals surface area contributed by atoms with Gasteiger partial charge >= 0.3 is 0 Å². The molecule has 6 heteroatoms. The second kappa shape index (κ2) is 6.53. The number of benzene rings is 1. The van der Waals surface area contributed by atoms with E-state index in [1.165, 1.54) is 16.0 Å². The van der Waals surface area contributed by atoms with Crippen molar-refractivity contribution in [3.8, 4) is 10.6 Å². The Kier molecular flexibility index (Phi) is 4.20. The molecule has 0 aliphatic carbocycles. The lowest BCUT2D eigenvalue weighted by atomic mass is 10.1. The third kappa shape index (κ3) is 2.86. The van der Waals surface area contributed by atoms with Gasteiger partial charge in [-0.15, -0.1) is 11.3 Å². The van der Waals surface area contributed by atoms with Crippen molar-refractivity contribution in [1.82, 2.24) is 19.9 Å². The minimum atomic E-state index is 0.166. The molecule has 0 radical (unpaired) electrons. The first-order valence-corrected chi connectivity index (χ1v) is 9.41. The lowest BCUT2D eigenvalue weighted by Gasteiger charge is -2.25. The first kappa shape index (κ1) is 16.7. The van der Waals surface area contributed by atoms with Crippen LogP contribution in [0.2, 0.25) is 0 Å². The van der Waals surface area contributed by atoms with E-state index in [0.717, 1.165) is 27.6 Å². The quantitative estimate of drug-likeness (QED) is 0.560. The SMILES string of the molecule is Cc1ccc(-c2nc(C)c(C(C)N(C)c3ncnc4[nH]ccc34)s2)cc1. The maximum Gasteiger partial charge on any atom is 0.142 e. The Morgan fingerprint density at radius 2 is 1.85 bits per heavy atom. The fraction of sp³-hybridized carbons (Fsp3) is 0.250. The van der Waals surface area contributed by atoms with Crippen molar-refractivity contribution in [2.75, 3.05) is 11.9 Å². The van der Waals surface area contributed by atoms with Crippen molar-refractivity contribution in [1.29, 1.82) is 0 Å². The molecule has 0 aliphatic rings. The Bertz CT molecular complexity index is 1050. The van der Waals surface area contributed by atoms with Crippen molar-refractivity contribution in [2.45, 2.75) is 26.8 Å². The molecule has 4 rings (SSSR count). The van der Waals surface area contributed by atoms with Crippen LogP contribution in [0.3, 0.4) is 0 Å². The molecule has 0 bridgehead atoms. The number of thiazole rings is 1. The van der Waals surface area contributed by atoms with Crippen LogP contribution >= 0.6 is 11.3 Å². The number of aryl methyl sites for hydroxylation is 2. The van der Waals surface area contributed by atoms with E-state index in [9.17, 15) is 0 Å². The summed E-state index contributed by atoms with van der Waals surface area (Å²) in [5.41, 5.74) is 4.36. The highest BCUT2D eigenvalue weighted by Crippen LogP contribution is 2.36. The molecular weight excluding hydrogens is 342 g/mol. The molecule has 5 nitrogen and oxygen atoms in total. The summed E-state index contributed by atoms with van der Waals surface area (Å²) in [5, 5.41) is 2.09. The van der Waals surface area contributed by atoms with E-state index in [4.69, 9.17) is 4.98 Å². The summed E-state index contributed by atoms with van der Waals surface area (Å²) in [5.74, 6) is 0.924. The summed E-state index contributed by atoms with van der Waals surface area (Å²) < 4.78 is 0. The van der Waals surface area contributed by atoms with Crippen LogP contribution in [0.1, 0.15) is 29.1 Å². The van der Waals surface area contributed by atoms with Crippen LogP contribution in [0.15, 0.2) is 42.9 Å². The third-order valence-corrected chi connectivity index (χ3v) is 6.14. The highest BCUT2D eigenvalue weighted by molar-refractivity contribution is 7.15. The van der Waals surface area contributed by atoms with E-state index in [-0.39, 0.29) is 6.04 Å². The number of hydrogen-bond acceptors (Lipinski definition) is 5. The first-order valence-electron chi connectivity index (χ1n) is 8.60. The number of nitrogens with one attached hydrogen (secondary N) is 1. The van der Waals surface area contributed by atoms with Gasteiger partial charge in [0.2, 0.25) is 0 Å². The Balaban J connectivity index is 1.69. The topological polar surface area (TPSA) is 57.7 Å². The highest BCUT2D eigenvalue weighted by atomic mass is 32.1. The van der Waals surface area contributed by atoms with Crippen molar-refractivity contribution >= 4 is 28.2 Å². The average Bonchev–Trinajstić information content (AvgIpc) is 3.27. The van der Waals surface area contributed by atoms with Gasteiger partial charge in [-0.25, -0.2) is 15.0 Å². The van der Waals surface area contributed by atoms with Crippen LogP contribution in [0.25, 0.3) is 21.6 Å². The first-order chi connectivity index (χ1) is 12.5. The Morgan fingerprint density at radius 1 is 1.08 bits per heavy atom. The Morgan fingerprint density at radius 3 is 2.62 bits per heavy atom. The Hall–Kier alpha value is -2.73. The van der Waals surface area contributed by atoms with Crippen LogP contribution in [0.4, 0.5) is 5.82 Å². The second-order valence-electron chi connectivity index (χ2n) is 6.56. The number of rotatable bonds is 4. The largest absolute Gasteiger partial charge is 0.351 e. The normalized spacial score (nSPS) is 12.5. The van der Waals surface area contributed by atoms with Crippen molar-refractivity contribution in [2.24, 2.45) is 0 Å². The van der Waals surface area contributed by atoms with Gasteiger partial charge in [0, 0.05) is 18.8 Å². The van der Waals surface area contributed by atoms with Gasteiger partial charge < -0.3 is 9.88 Å². The fourth-order valence-corrected chi connectivity index (χ4v) is 4.28. The fourth-order valence-electron chi connectivity index (χ4n) is 3.11. The molecule has 3 heterocycles. The number of nitrogens with zero attached hydrogens (tertiary/aromatic N) is 4. The summed E-state index contributed by atoms with van der Waals surface area (Å²) in [6, 6.07) is 10.7. The predicted octanol–water partition coefficient (Wildman–Crippen LogP) is 4.90. The summed E-state index contributed by atoms with van der Waals surface area (Å²) in [6.07, 6.45) is 3.50. The standard InChI is InChI=1S/C20H21N5S/c1-12-5-7-15(8-6-12)20-24-13(2)17(26-20)14(3)25(4)19-16-9-10-21-18(16)22-11-23-19/h5-11,14H,1-4H3,(H,21,22,23). The van der Waals surface area contributed by atoms with Gasteiger partial charge in [-0.2, -0.15) is 0 Å². The number of hydrogen-bond donors (Lipinski definition) is 1. The zero-order chi connectivity index (χ0) is 18.3. The van der Waals surface area contributed by atoms with Crippen molar-refractivity contribution in [3.63, 3.8) is 0 Å². The van der Waals surface area contributed by atoms with Gasteiger partial charge in [0.1, 0.15) is 22.8 Å². The molecule has 0 aliphatic heterocycles. The molecule has 1 atom stereocenters. The molecule has 0 fully saturated rings. The number of anilines is 1. The molecule has 4 aromatic rings. The van der Waals surface area contributed by atoms with E-state index < -0.39 is 0 Å². The molecule has 26 heavy (non-hydrogen) atoms. The molecule has 1 unspecified atom stereocenters. The van der Waals surface area contributed by atoms with E-state index >= 15 is 0 Å². The second-order valence-corrected chi connectivity index (χ2v) is 7.59. The van der Waals surface area contributed by atoms with Gasteiger partial charge in [0.25, 0.3) is 0 Å². The molecular formula is C20H21N5S. The number of aromatic amines is 1. The van der Waals surface area contributed by atoms with Crippen molar-refractivity contribution in [3.05, 3.63) is 59.0 Å². The van der Waals surface area contributed by atoms with Crippen LogP contribution < -0.4 is 4.90 Å². The zero-order valence-electron chi connectivity index (χ0n) is 15.3. The summed E-state index contributed by atoms with van der Waals surface area (Å²) in [4.78, 5) is 20.2. The van der Waals surface area contributed by atoms with Gasteiger partial charge in [-0.3, -0.25) is 0 Å². The van der Waals surface area contributed by atoms with Crippen LogP contribution in [-0.2, 0) is 0 Å². The predicted molar refractivity (Wildman–Crippen MR) is 108 cm³/mol. The summed E-state index contributed by atoms with van der Waals surface area (Å²) >= 11 is 1.75. The molecule has 0 saturated carbocycles. The maximum absolute atomic E-state index is 4.81. The van der Waals surface area contributed by atoms with E-state index in [2.05, 4.69) is 71.9 Å². The average molecular weight is 363 g/mol. The molecule has 0 saturated heterocycles. The lowest BCUT2D eigenvalue weighted by Crippen LogP contribution is -2.22. The minimum Gasteiger partial charge on any atom is -0.351 e. The zero-order valence-corrected chi connectivity index (χ0v) is 16.1. The lowest BCUT2D eigenvalue weighted by molar-refractivity contribution is 0.737. The van der Waals surface area contributed by atoms with E-state index in [1.807, 2.05) is 12.3 Å². The minimum absolute atomic E-state index is 0.166. The van der Waals surface area contributed by atoms with Gasteiger partial charge in [0.05, 0.1) is 22.0 Å². The molecule has 132 valence electrons. The van der Waals surface area contributed by atoms with E-state index in [0.29, 0.717) is 0 Å². The van der Waals surface area contributed by atoms with Gasteiger partial charge in [0.15, 0.2) is 0 Å². The van der Waals surface area contributed by atoms with Gasteiger partial charge in [-0.1, -0.05) is 29.8 Å². The maximum atomic E-state index is 4.81. The molecule has 1 N–H and O–H groups in total. The summed E-state index contributed by atoms with van der Waals surface area (Å²) in [7, 11) is 2.07. The number of H-pyrrole nitrogens is 1. The number of fused-ring (bicyclic) bond motifs is 1. The van der Waals surface area contributed by atoms with Crippen LogP contribution in [0, 0.1) is 13.8 Å². The summed E-state index contributed by atoms with van der Waals surface area (Å²) in [6.45, 7) is 6.38. The van der Waals surface area contributed by atoms with Crippen LogP contribution in [0.5, 0.6) is 0 Å². The van der Waals surface area contributed by atoms with Gasteiger partial charge in [-0.05, 0) is 26.8 Å². The molecule has 0 spiro atoms. The Labute approximate surface area is 156 Å². The third-order valence-electron chi connectivity index (χ3n) is 4.76. The highest BCUT2D eigenvalue weighted by Gasteiger charge is 2.21. The smallest absolute Gasteiger partial charge is 0.142 e. The molecule has 1 aromatic carbocycles. The molecule has 3 aromatic heterocycles. The van der Waals surface area contributed by atoms with E-state index in [1.54, 1.807) is 17.7 Å². The molecule has 0 amide bonds.